The third-order valence-corrected chi connectivity index (χ3v) is 1.97. The summed E-state index contributed by atoms with van der Waals surface area (Å²) >= 11 is 3.16. The Bertz CT molecular complexity index is 469. The van der Waals surface area contributed by atoms with Crippen LogP contribution in [0, 0.1) is 11.6 Å². The molecule has 0 radical (unpaired) electrons. The average Bonchev–Trinajstić information content (AvgIpc) is 2.51. The summed E-state index contributed by atoms with van der Waals surface area (Å²) in [6.07, 6.45) is 3.96. The molecule has 0 unspecified atom stereocenters. The number of pyridine rings is 1. The molecule has 2 heterocycles. The highest BCUT2D eigenvalue weighted by Crippen LogP contribution is 2.13. The lowest BCUT2D eigenvalue weighted by atomic mass is 10.4. The average molecular weight is 260 g/mol. The summed E-state index contributed by atoms with van der Waals surface area (Å²) in [5.41, 5.74) is 0. The number of aromatic nitrogens is 3. The fraction of sp³-hybridized carbons (Fsp3) is 0. The van der Waals surface area contributed by atoms with Gasteiger partial charge in [-0.15, -0.1) is 0 Å². The summed E-state index contributed by atoms with van der Waals surface area (Å²) in [6, 6.07) is 0.762. The van der Waals surface area contributed by atoms with Crippen LogP contribution >= 0.6 is 15.9 Å². The quantitative estimate of drug-likeness (QED) is 0.787. The van der Waals surface area contributed by atoms with Gasteiger partial charge in [-0.1, -0.05) is 0 Å². The second kappa shape index (κ2) is 3.45. The van der Waals surface area contributed by atoms with Crippen molar-refractivity contribution in [2.24, 2.45) is 0 Å². The lowest BCUT2D eigenvalue weighted by molar-refractivity contribution is 0.560. The lowest BCUT2D eigenvalue weighted by Crippen LogP contribution is -2.01. The van der Waals surface area contributed by atoms with Gasteiger partial charge in [0, 0.05) is 12.3 Å². The van der Waals surface area contributed by atoms with Crippen LogP contribution < -0.4 is 0 Å². The highest BCUT2D eigenvalue weighted by Gasteiger charge is 2.08. The van der Waals surface area contributed by atoms with E-state index in [0.717, 1.165) is 12.3 Å². The van der Waals surface area contributed by atoms with E-state index in [1.165, 1.54) is 17.1 Å². The maximum absolute atomic E-state index is 13.2. The molecule has 14 heavy (non-hydrogen) atoms. The van der Waals surface area contributed by atoms with Gasteiger partial charge >= 0.3 is 0 Å². The third kappa shape index (κ3) is 1.65. The summed E-state index contributed by atoms with van der Waals surface area (Å²) in [6.45, 7) is 0. The van der Waals surface area contributed by atoms with Gasteiger partial charge in [0.25, 0.3) is 0 Å². The van der Waals surface area contributed by atoms with Crippen molar-refractivity contribution in [3.63, 3.8) is 0 Å². The molecule has 0 aliphatic rings. The monoisotopic (exact) mass is 259 g/mol. The summed E-state index contributed by atoms with van der Waals surface area (Å²) in [5, 5.41) is 3.82. The van der Waals surface area contributed by atoms with E-state index in [4.69, 9.17) is 0 Å². The van der Waals surface area contributed by atoms with Crippen molar-refractivity contribution in [3.8, 4) is 5.82 Å². The van der Waals surface area contributed by atoms with Crippen molar-refractivity contribution in [1.29, 1.82) is 0 Å². The molecule has 0 saturated heterocycles. The van der Waals surface area contributed by atoms with E-state index in [-0.39, 0.29) is 5.82 Å². The Morgan fingerprint density at radius 1 is 1.29 bits per heavy atom. The molecule has 2 rings (SSSR count). The first kappa shape index (κ1) is 9.26. The molecule has 2 aromatic heterocycles. The largest absolute Gasteiger partial charge is 0.231 e. The third-order valence-electron chi connectivity index (χ3n) is 1.56. The van der Waals surface area contributed by atoms with Crippen molar-refractivity contribution in [1.82, 2.24) is 14.8 Å². The van der Waals surface area contributed by atoms with E-state index >= 15 is 0 Å². The zero-order valence-electron chi connectivity index (χ0n) is 6.78. The second-order valence-electron chi connectivity index (χ2n) is 2.56. The Labute approximate surface area is 86.5 Å². The van der Waals surface area contributed by atoms with E-state index in [0.29, 0.717) is 4.47 Å². The van der Waals surface area contributed by atoms with Crippen LogP contribution in [0.3, 0.4) is 0 Å². The van der Waals surface area contributed by atoms with E-state index in [2.05, 4.69) is 26.0 Å². The van der Waals surface area contributed by atoms with Crippen LogP contribution in [0.25, 0.3) is 5.82 Å². The summed E-state index contributed by atoms with van der Waals surface area (Å²) in [4.78, 5) is 3.59. The van der Waals surface area contributed by atoms with E-state index < -0.39 is 11.6 Å². The van der Waals surface area contributed by atoms with Crippen molar-refractivity contribution >= 4 is 15.9 Å². The van der Waals surface area contributed by atoms with Crippen molar-refractivity contribution < 1.29 is 8.78 Å². The minimum atomic E-state index is -0.749. The smallest absolute Gasteiger partial charge is 0.189 e. The first-order valence-corrected chi connectivity index (χ1v) is 4.48. The van der Waals surface area contributed by atoms with Crippen LogP contribution in [0.5, 0.6) is 0 Å². The van der Waals surface area contributed by atoms with Gasteiger partial charge in [0.15, 0.2) is 11.6 Å². The van der Waals surface area contributed by atoms with Crippen LogP contribution in [-0.2, 0) is 0 Å². The first-order valence-electron chi connectivity index (χ1n) is 3.68. The van der Waals surface area contributed by atoms with Gasteiger partial charge in [0.1, 0.15) is 5.82 Å². The molecule has 3 nitrogen and oxygen atoms in total. The van der Waals surface area contributed by atoms with Crippen molar-refractivity contribution in [3.05, 3.63) is 40.8 Å². The van der Waals surface area contributed by atoms with Gasteiger partial charge < -0.3 is 0 Å². The molecular formula is C8H4BrF2N3. The molecule has 0 aliphatic carbocycles. The lowest BCUT2D eigenvalue weighted by Gasteiger charge is -2.00. The molecule has 0 aromatic carbocycles. The van der Waals surface area contributed by atoms with E-state index in [9.17, 15) is 8.78 Å². The standard InChI is InChI=1S/C8H4BrF2N3/c9-5-2-13-14(4-5)8-7(11)1-6(10)3-12-8/h1-4H. The van der Waals surface area contributed by atoms with Gasteiger partial charge in [-0.2, -0.15) is 5.10 Å². The molecule has 0 fully saturated rings. The number of nitrogens with zero attached hydrogens (tertiary/aromatic N) is 3. The Hall–Kier alpha value is -1.30. The molecule has 0 spiro atoms. The molecule has 0 bridgehead atoms. The minimum Gasteiger partial charge on any atom is -0.231 e. The van der Waals surface area contributed by atoms with Gasteiger partial charge in [-0.25, -0.2) is 18.4 Å². The fourth-order valence-corrected chi connectivity index (χ4v) is 1.28. The predicted molar refractivity (Wildman–Crippen MR) is 49.0 cm³/mol. The molecule has 6 heteroatoms. The molecule has 0 amide bonds. The normalized spacial score (nSPS) is 10.5. The summed E-state index contributed by atoms with van der Waals surface area (Å²) in [7, 11) is 0. The molecule has 0 atom stereocenters. The molecule has 0 aliphatic heterocycles. The number of rotatable bonds is 1. The maximum atomic E-state index is 13.2. The summed E-state index contributed by atoms with van der Waals surface area (Å²) < 4.78 is 27.6. The number of hydrogen-bond donors (Lipinski definition) is 0. The Morgan fingerprint density at radius 3 is 2.64 bits per heavy atom. The molecule has 0 N–H and O–H groups in total. The fourth-order valence-electron chi connectivity index (χ4n) is 0.993. The minimum absolute atomic E-state index is 0.0305. The van der Waals surface area contributed by atoms with Gasteiger partial charge in [0.05, 0.1) is 16.9 Å². The Balaban J connectivity index is 2.52. The van der Waals surface area contributed by atoms with Crippen LogP contribution in [0.4, 0.5) is 8.78 Å². The Morgan fingerprint density at radius 2 is 2.07 bits per heavy atom. The van der Waals surface area contributed by atoms with Crippen LogP contribution in [0.15, 0.2) is 29.1 Å². The predicted octanol–water partition coefficient (Wildman–Crippen LogP) is 2.31. The van der Waals surface area contributed by atoms with Crippen LogP contribution in [-0.4, -0.2) is 14.8 Å². The Kier molecular flexibility index (Phi) is 2.28. The highest BCUT2D eigenvalue weighted by molar-refractivity contribution is 9.10. The second-order valence-corrected chi connectivity index (χ2v) is 3.48. The maximum Gasteiger partial charge on any atom is 0.189 e. The zero-order valence-corrected chi connectivity index (χ0v) is 8.37. The summed E-state index contributed by atoms with van der Waals surface area (Å²) in [5.74, 6) is -1.49. The van der Waals surface area contributed by atoms with Gasteiger partial charge in [-0.3, -0.25) is 0 Å². The van der Waals surface area contributed by atoms with Crippen molar-refractivity contribution in [2.45, 2.75) is 0 Å². The highest BCUT2D eigenvalue weighted by atomic mass is 79.9. The van der Waals surface area contributed by atoms with Gasteiger partial charge in [-0.05, 0) is 15.9 Å². The SMILES string of the molecule is Fc1cnc(-n2cc(Br)cn2)c(F)c1. The number of hydrogen-bond acceptors (Lipinski definition) is 2. The topological polar surface area (TPSA) is 30.7 Å². The van der Waals surface area contributed by atoms with Crippen LogP contribution in [0.1, 0.15) is 0 Å². The first-order chi connectivity index (χ1) is 6.66. The van der Waals surface area contributed by atoms with E-state index in [1.54, 1.807) is 0 Å². The van der Waals surface area contributed by atoms with E-state index in [1.807, 2.05) is 0 Å². The molecule has 72 valence electrons. The zero-order chi connectivity index (χ0) is 10.1. The molecular weight excluding hydrogens is 256 g/mol. The molecule has 0 saturated carbocycles. The number of halogens is 3. The molecule has 2 aromatic rings. The van der Waals surface area contributed by atoms with Gasteiger partial charge in [0.2, 0.25) is 0 Å². The van der Waals surface area contributed by atoms with Crippen LogP contribution in [0.2, 0.25) is 0 Å². The van der Waals surface area contributed by atoms with Crippen molar-refractivity contribution in [2.75, 3.05) is 0 Å².